The first-order valence-corrected chi connectivity index (χ1v) is 9.14. The van der Waals surface area contributed by atoms with Crippen molar-refractivity contribution < 1.29 is 14.3 Å². The van der Waals surface area contributed by atoms with Crippen LogP contribution in [0.25, 0.3) is 0 Å². The van der Waals surface area contributed by atoms with Crippen molar-refractivity contribution in [2.45, 2.75) is 27.3 Å². The number of hydrogen-bond donors (Lipinski definition) is 2. The molecule has 0 bridgehead atoms. The van der Waals surface area contributed by atoms with E-state index in [2.05, 4.69) is 10.6 Å². The molecular weight excluding hydrogens is 360 g/mol. The third-order valence-electron chi connectivity index (χ3n) is 3.62. The monoisotopic (exact) mass is 380 g/mol. The number of amides is 1. The molecule has 0 aliphatic rings. The maximum atomic E-state index is 12.2. The van der Waals surface area contributed by atoms with Gasteiger partial charge in [-0.15, -0.1) is 11.3 Å². The van der Waals surface area contributed by atoms with Crippen LogP contribution in [0.5, 0.6) is 0 Å². The average Bonchev–Trinajstić information content (AvgIpc) is 2.82. The Morgan fingerprint density at radius 3 is 2.72 bits per heavy atom. The highest BCUT2D eigenvalue weighted by Crippen LogP contribution is 2.32. The van der Waals surface area contributed by atoms with Crippen LogP contribution in [0.15, 0.2) is 24.3 Å². The van der Waals surface area contributed by atoms with Crippen LogP contribution in [0.3, 0.4) is 0 Å². The van der Waals surface area contributed by atoms with Gasteiger partial charge in [0.2, 0.25) is 5.91 Å². The minimum absolute atomic E-state index is 0.130. The lowest BCUT2D eigenvalue weighted by Crippen LogP contribution is -2.28. The number of benzene rings is 1. The number of esters is 1. The van der Waals surface area contributed by atoms with E-state index in [1.807, 2.05) is 32.0 Å². The Morgan fingerprint density at radius 2 is 2.04 bits per heavy atom. The number of carbonyl (C=O) groups is 2. The fourth-order valence-corrected chi connectivity index (χ4v) is 3.58. The number of thiophene rings is 1. The van der Waals surface area contributed by atoms with Crippen molar-refractivity contribution >= 4 is 39.8 Å². The molecular formula is C18H21ClN2O3S. The standard InChI is InChI=1S/C18H21ClN2O3S/c1-4-24-18(23)16-11(2)12(3)25-17(16)21-15(22)10-20-9-13-6-5-7-14(19)8-13/h5-8,20H,4,9-10H2,1-3H3,(H,21,22). The van der Waals surface area contributed by atoms with Crippen LogP contribution in [-0.4, -0.2) is 25.0 Å². The van der Waals surface area contributed by atoms with Gasteiger partial charge in [0.25, 0.3) is 0 Å². The summed E-state index contributed by atoms with van der Waals surface area (Å²) in [5.74, 6) is -0.625. The first-order chi connectivity index (χ1) is 11.9. The molecule has 1 heterocycles. The van der Waals surface area contributed by atoms with Crippen molar-refractivity contribution in [3.8, 4) is 0 Å². The average molecular weight is 381 g/mol. The summed E-state index contributed by atoms with van der Waals surface area (Å²) in [5.41, 5.74) is 2.27. The lowest BCUT2D eigenvalue weighted by atomic mass is 10.1. The number of rotatable bonds is 7. The molecule has 0 radical (unpaired) electrons. The van der Waals surface area contributed by atoms with E-state index in [-0.39, 0.29) is 12.5 Å². The van der Waals surface area contributed by atoms with Crippen molar-refractivity contribution in [3.63, 3.8) is 0 Å². The normalized spacial score (nSPS) is 10.6. The molecule has 25 heavy (non-hydrogen) atoms. The summed E-state index contributed by atoms with van der Waals surface area (Å²) in [4.78, 5) is 25.3. The van der Waals surface area contributed by atoms with Gasteiger partial charge in [-0.3, -0.25) is 4.79 Å². The molecule has 5 nitrogen and oxygen atoms in total. The SMILES string of the molecule is CCOC(=O)c1c(NC(=O)CNCc2cccc(Cl)c2)sc(C)c1C. The molecule has 0 unspecified atom stereocenters. The number of carbonyl (C=O) groups excluding carboxylic acids is 2. The molecule has 7 heteroatoms. The van der Waals surface area contributed by atoms with Gasteiger partial charge < -0.3 is 15.4 Å². The summed E-state index contributed by atoms with van der Waals surface area (Å²) < 4.78 is 5.08. The molecule has 1 aromatic heterocycles. The molecule has 0 aliphatic carbocycles. The van der Waals surface area contributed by atoms with Crippen molar-refractivity contribution in [2.75, 3.05) is 18.5 Å². The fraction of sp³-hybridized carbons (Fsp3) is 0.333. The molecule has 1 amide bonds. The smallest absolute Gasteiger partial charge is 0.341 e. The Labute approximate surface area is 156 Å². The summed E-state index contributed by atoms with van der Waals surface area (Å²) in [7, 11) is 0. The third kappa shape index (κ3) is 5.29. The predicted octanol–water partition coefficient (Wildman–Crippen LogP) is 3.92. The summed E-state index contributed by atoms with van der Waals surface area (Å²) in [6, 6.07) is 7.44. The predicted molar refractivity (Wildman–Crippen MR) is 102 cm³/mol. The molecule has 0 fully saturated rings. The van der Waals surface area contributed by atoms with E-state index >= 15 is 0 Å². The second-order valence-corrected chi connectivity index (χ2v) is 7.15. The van der Waals surface area contributed by atoms with Crippen molar-refractivity contribution in [1.29, 1.82) is 0 Å². The zero-order chi connectivity index (χ0) is 18.4. The zero-order valence-electron chi connectivity index (χ0n) is 14.4. The van der Waals surface area contributed by atoms with Gasteiger partial charge in [-0.25, -0.2) is 4.79 Å². The summed E-state index contributed by atoms with van der Waals surface area (Å²) in [6.07, 6.45) is 0. The Bertz CT molecular complexity index is 774. The number of nitrogens with one attached hydrogen (secondary N) is 2. The van der Waals surface area contributed by atoms with Gasteiger partial charge in [-0.05, 0) is 44.0 Å². The van der Waals surface area contributed by atoms with Crippen LogP contribution in [0.2, 0.25) is 5.02 Å². The molecule has 2 aromatic rings. The minimum atomic E-state index is -0.411. The lowest BCUT2D eigenvalue weighted by molar-refractivity contribution is -0.115. The van der Waals surface area contributed by atoms with Gasteiger partial charge in [0.15, 0.2) is 0 Å². The fourth-order valence-electron chi connectivity index (χ4n) is 2.30. The number of aryl methyl sites for hydroxylation is 1. The number of anilines is 1. The molecule has 0 aliphatic heterocycles. The van der Waals surface area contributed by atoms with E-state index in [1.165, 1.54) is 11.3 Å². The second-order valence-electron chi connectivity index (χ2n) is 5.49. The lowest BCUT2D eigenvalue weighted by Gasteiger charge is -2.08. The second kappa shape index (κ2) is 8.99. The van der Waals surface area contributed by atoms with E-state index in [4.69, 9.17) is 16.3 Å². The van der Waals surface area contributed by atoms with Crippen LogP contribution in [-0.2, 0) is 16.1 Å². The van der Waals surface area contributed by atoms with Crippen molar-refractivity contribution in [3.05, 3.63) is 50.9 Å². The molecule has 2 N–H and O–H groups in total. The van der Waals surface area contributed by atoms with Crippen LogP contribution < -0.4 is 10.6 Å². The summed E-state index contributed by atoms with van der Waals surface area (Å²) >= 11 is 7.31. The third-order valence-corrected chi connectivity index (χ3v) is 4.98. The number of hydrogen-bond acceptors (Lipinski definition) is 5. The Kier molecular flexibility index (Phi) is 6.99. The Morgan fingerprint density at radius 1 is 1.28 bits per heavy atom. The molecule has 0 atom stereocenters. The zero-order valence-corrected chi connectivity index (χ0v) is 16.0. The van der Waals surface area contributed by atoms with Gasteiger partial charge in [0.1, 0.15) is 5.00 Å². The van der Waals surface area contributed by atoms with Gasteiger partial charge in [-0.2, -0.15) is 0 Å². The highest BCUT2D eigenvalue weighted by atomic mass is 35.5. The van der Waals surface area contributed by atoms with Crippen LogP contribution >= 0.6 is 22.9 Å². The van der Waals surface area contributed by atoms with Crippen molar-refractivity contribution in [2.24, 2.45) is 0 Å². The molecule has 0 saturated heterocycles. The van der Waals surface area contributed by atoms with Crippen LogP contribution in [0.4, 0.5) is 5.00 Å². The van der Waals surface area contributed by atoms with Crippen molar-refractivity contribution in [1.82, 2.24) is 5.32 Å². The molecule has 1 aromatic carbocycles. The highest BCUT2D eigenvalue weighted by molar-refractivity contribution is 7.16. The molecule has 134 valence electrons. The molecule has 0 saturated carbocycles. The maximum absolute atomic E-state index is 12.2. The van der Waals surface area contributed by atoms with Gasteiger partial charge in [-0.1, -0.05) is 23.7 Å². The van der Waals surface area contributed by atoms with Crippen LogP contribution in [0.1, 0.15) is 33.3 Å². The topological polar surface area (TPSA) is 67.4 Å². The van der Waals surface area contributed by atoms with Gasteiger partial charge in [0.05, 0.1) is 18.7 Å². The van der Waals surface area contributed by atoms with Gasteiger partial charge in [0, 0.05) is 16.4 Å². The Hall–Kier alpha value is -1.89. The van der Waals surface area contributed by atoms with E-state index in [0.717, 1.165) is 16.0 Å². The quantitative estimate of drug-likeness (QED) is 0.714. The van der Waals surface area contributed by atoms with E-state index in [1.54, 1.807) is 13.0 Å². The van der Waals surface area contributed by atoms with E-state index in [0.29, 0.717) is 28.7 Å². The summed E-state index contributed by atoms with van der Waals surface area (Å²) in [6.45, 7) is 6.47. The molecule has 2 rings (SSSR count). The van der Waals surface area contributed by atoms with Gasteiger partial charge >= 0.3 is 5.97 Å². The first kappa shape index (κ1) is 19.4. The maximum Gasteiger partial charge on any atom is 0.341 e. The van der Waals surface area contributed by atoms with E-state index in [9.17, 15) is 9.59 Å². The minimum Gasteiger partial charge on any atom is -0.462 e. The highest BCUT2D eigenvalue weighted by Gasteiger charge is 2.21. The number of halogens is 1. The summed E-state index contributed by atoms with van der Waals surface area (Å²) in [5, 5.41) is 7.05. The van der Waals surface area contributed by atoms with E-state index < -0.39 is 5.97 Å². The Balaban J connectivity index is 1.96. The number of ether oxygens (including phenoxy) is 1. The first-order valence-electron chi connectivity index (χ1n) is 7.94. The van der Waals surface area contributed by atoms with Crippen LogP contribution in [0, 0.1) is 13.8 Å². The molecule has 0 spiro atoms. The largest absolute Gasteiger partial charge is 0.462 e.